The number of allylic oxidation sites excluding steroid dienone is 10. The zero-order valence-electron chi connectivity index (χ0n) is 47.9. The molecule has 0 aliphatic rings. The third-order valence-electron chi connectivity index (χ3n) is 13.7. The van der Waals surface area contributed by atoms with Gasteiger partial charge in [-0.2, -0.15) is 0 Å². The number of ether oxygens (including phenoxy) is 3. The number of esters is 3. The van der Waals surface area contributed by atoms with E-state index >= 15 is 0 Å². The van der Waals surface area contributed by atoms with Crippen LogP contribution in [-0.4, -0.2) is 37.2 Å². The van der Waals surface area contributed by atoms with E-state index < -0.39 is 6.10 Å². The van der Waals surface area contributed by atoms with Gasteiger partial charge in [0.1, 0.15) is 13.2 Å². The fourth-order valence-corrected chi connectivity index (χ4v) is 8.96. The second-order valence-electron chi connectivity index (χ2n) is 21.0. The maximum absolute atomic E-state index is 12.8. The van der Waals surface area contributed by atoms with Gasteiger partial charge in [0.15, 0.2) is 6.10 Å². The molecular formula is C66H118O6. The molecule has 0 bridgehead atoms. The Kier molecular flexibility index (Phi) is 58.2. The lowest BCUT2D eigenvalue weighted by Gasteiger charge is -2.18. The molecule has 0 rings (SSSR count). The summed E-state index contributed by atoms with van der Waals surface area (Å²) in [6.45, 7) is 6.58. The summed E-state index contributed by atoms with van der Waals surface area (Å²) in [5, 5.41) is 0. The lowest BCUT2D eigenvalue weighted by molar-refractivity contribution is -0.167. The van der Waals surface area contributed by atoms with Crippen LogP contribution in [0.4, 0.5) is 0 Å². The van der Waals surface area contributed by atoms with Crippen LogP contribution in [0.5, 0.6) is 0 Å². The van der Waals surface area contributed by atoms with Gasteiger partial charge in [0, 0.05) is 19.3 Å². The molecule has 0 saturated heterocycles. The van der Waals surface area contributed by atoms with Crippen molar-refractivity contribution in [3.8, 4) is 0 Å². The maximum Gasteiger partial charge on any atom is 0.306 e. The summed E-state index contributed by atoms with van der Waals surface area (Å²) in [5.41, 5.74) is 0. The van der Waals surface area contributed by atoms with Gasteiger partial charge in [-0.15, -0.1) is 0 Å². The van der Waals surface area contributed by atoms with E-state index in [2.05, 4.69) is 81.5 Å². The number of hydrogen-bond acceptors (Lipinski definition) is 6. The summed E-state index contributed by atoms with van der Waals surface area (Å²) in [5.74, 6) is -0.886. The minimum Gasteiger partial charge on any atom is -0.462 e. The van der Waals surface area contributed by atoms with Gasteiger partial charge in [0.2, 0.25) is 0 Å². The van der Waals surface area contributed by atoms with E-state index in [0.717, 1.165) is 89.9 Å². The van der Waals surface area contributed by atoms with Crippen molar-refractivity contribution in [3.63, 3.8) is 0 Å². The Hall–Kier alpha value is -2.89. The van der Waals surface area contributed by atoms with Crippen molar-refractivity contribution in [2.45, 2.75) is 329 Å². The quantitative estimate of drug-likeness (QED) is 0.0261. The lowest BCUT2D eigenvalue weighted by atomic mass is 10.0. The van der Waals surface area contributed by atoms with Crippen LogP contribution in [0.3, 0.4) is 0 Å². The topological polar surface area (TPSA) is 78.9 Å². The molecular weight excluding hydrogens is 889 g/mol. The number of unbranched alkanes of at least 4 members (excludes halogenated alkanes) is 36. The average molecular weight is 1010 g/mol. The van der Waals surface area contributed by atoms with E-state index in [9.17, 15) is 14.4 Å². The highest BCUT2D eigenvalue weighted by Crippen LogP contribution is 2.16. The summed E-state index contributed by atoms with van der Waals surface area (Å²) < 4.78 is 16.8. The SMILES string of the molecule is CCCC/C=C\CCCCCCCC(=O)OCC(COC(=O)CCCCCCCCCCCCCCCCCC/C=C\C/C=C\C/C=C\CCCCCCC)OC(=O)CCCCCCC/C=C\CCCCC. The molecule has 0 aliphatic heterocycles. The first kappa shape index (κ1) is 69.1. The van der Waals surface area contributed by atoms with Gasteiger partial charge in [0.25, 0.3) is 0 Å². The third-order valence-corrected chi connectivity index (χ3v) is 13.7. The highest BCUT2D eigenvalue weighted by atomic mass is 16.6. The van der Waals surface area contributed by atoms with Gasteiger partial charge in [0.05, 0.1) is 0 Å². The normalized spacial score (nSPS) is 12.4. The zero-order valence-corrected chi connectivity index (χ0v) is 47.9. The van der Waals surface area contributed by atoms with E-state index in [1.54, 1.807) is 0 Å². The third kappa shape index (κ3) is 58.0. The van der Waals surface area contributed by atoms with Gasteiger partial charge < -0.3 is 14.2 Å². The van der Waals surface area contributed by atoms with Gasteiger partial charge in [-0.3, -0.25) is 14.4 Å². The van der Waals surface area contributed by atoms with Crippen LogP contribution < -0.4 is 0 Å². The lowest BCUT2D eigenvalue weighted by Crippen LogP contribution is -2.30. The van der Waals surface area contributed by atoms with Crippen LogP contribution in [0.15, 0.2) is 60.8 Å². The van der Waals surface area contributed by atoms with Crippen LogP contribution in [0.25, 0.3) is 0 Å². The smallest absolute Gasteiger partial charge is 0.306 e. The van der Waals surface area contributed by atoms with E-state index in [-0.39, 0.29) is 31.1 Å². The van der Waals surface area contributed by atoms with Gasteiger partial charge in [-0.1, -0.05) is 261 Å². The van der Waals surface area contributed by atoms with Crippen molar-refractivity contribution in [2.75, 3.05) is 13.2 Å². The van der Waals surface area contributed by atoms with Crippen molar-refractivity contribution in [3.05, 3.63) is 60.8 Å². The van der Waals surface area contributed by atoms with Gasteiger partial charge >= 0.3 is 17.9 Å². The summed E-state index contributed by atoms with van der Waals surface area (Å²) in [4.78, 5) is 38.1. The van der Waals surface area contributed by atoms with E-state index in [1.807, 2.05) is 0 Å². The van der Waals surface area contributed by atoms with Crippen molar-refractivity contribution < 1.29 is 28.6 Å². The van der Waals surface area contributed by atoms with Crippen molar-refractivity contribution in [1.82, 2.24) is 0 Å². The monoisotopic (exact) mass is 1010 g/mol. The molecule has 0 N–H and O–H groups in total. The van der Waals surface area contributed by atoms with Crippen molar-refractivity contribution in [1.29, 1.82) is 0 Å². The highest BCUT2D eigenvalue weighted by Gasteiger charge is 2.19. The average Bonchev–Trinajstić information content (AvgIpc) is 3.38. The fraction of sp³-hybridized carbons (Fsp3) is 0.803. The van der Waals surface area contributed by atoms with E-state index in [0.29, 0.717) is 19.3 Å². The maximum atomic E-state index is 12.8. The molecule has 0 radical (unpaired) electrons. The minimum atomic E-state index is -0.779. The summed E-state index contributed by atoms with van der Waals surface area (Å²) in [6.07, 6.45) is 76.7. The second kappa shape index (κ2) is 60.7. The first-order valence-electron chi connectivity index (χ1n) is 31.3. The molecule has 0 saturated carbocycles. The van der Waals surface area contributed by atoms with Crippen LogP contribution in [0, 0.1) is 0 Å². The largest absolute Gasteiger partial charge is 0.462 e. The molecule has 0 aromatic heterocycles. The minimum absolute atomic E-state index is 0.0778. The molecule has 1 unspecified atom stereocenters. The molecule has 6 heteroatoms. The molecule has 0 aromatic carbocycles. The molecule has 0 fully saturated rings. The standard InChI is InChI=1S/C66H118O6/c1-4-7-10-13-16-19-22-24-25-26-27-28-29-30-31-32-33-34-35-36-37-38-39-40-41-42-45-47-50-53-56-59-65(68)71-62-63(61-70-64(67)58-55-52-49-46-43-21-18-15-12-9-6-3)72-66(69)60-57-54-51-48-44-23-20-17-14-11-8-5-2/h15,17-18,20,22,24,26-27,29-30,63H,4-14,16,19,21,23,25,28,31-62H2,1-3H3/b18-15-,20-17-,24-22-,27-26-,30-29-. The Morgan fingerprint density at radius 1 is 0.278 bits per heavy atom. The molecule has 72 heavy (non-hydrogen) atoms. The highest BCUT2D eigenvalue weighted by molar-refractivity contribution is 5.71. The van der Waals surface area contributed by atoms with Gasteiger partial charge in [-0.05, 0) is 103 Å². The number of hydrogen-bond donors (Lipinski definition) is 0. The van der Waals surface area contributed by atoms with Gasteiger partial charge in [-0.25, -0.2) is 0 Å². The zero-order chi connectivity index (χ0) is 52.2. The predicted molar refractivity (Wildman–Crippen MR) is 312 cm³/mol. The first-order chi connectivity index (χ1) is 35.5. The molecule has 0 aliphatic carbocycles. The molecule has 0 aromatic rings. The Morgan fingerprint density at radius 2 is 0.514 bits per heavy atom. The number of carbonyl (C=O) groups excluding carboxylic acids is 3. The van der Waals surface area contributed by atoms with Crippen LogP contribution in [-0.2, 0) is 28.6 Å². The summed E-state index contributed by atoms with van der Waals surface area (Å²) in [7, 11) is 0. The molecule has 6 nitrogen and oxygen atoms in total. The summed E-state index contributed by atoms with van der Waals surface area (Å²) in [6, 6.07) is 0. The molecule has 0 heterocycles. The summed E-state index contributed by atoms with van der Waals surface area (Å²) >= 11 is 0. The Bertz CT molecular complexity index is 1290. The molecule has 1 atom stereocenters. The number of carbonyl (C=O) groups is 3. The van der Waals surface area contributed by atoms with Crippen molar-refractivity contribution in [2.24, 2.45) is 0 Å². The van der Waals surface area contributed by atoms with Crippen molar-refractivity contribution >= 4 is 17.9 Å². The second-order valence-corrected chi connectivity index (χ2v) is 21.0. The van der Waals surface area contributed by atoms with Crippen LogP contribution in [0.1, 0.15) is 323 Å². The Labute approximate surface area is 447 Å². The molecule has 418 valence electrons. The van der Waals surface area contributed by atoms with Crippen LogP contribution in [0.2, 0.25) is 0 Å². The van der Waals surface area contributed by atoms with E-state index in [1.165, 1.54) is 193 Å². The van der Waals surface area contributed by atoms with Crippen LogP contribution >= 0.6 is 0 Å². The predicted octanol–water partition coefficient (Wildman–Crippen LogP) is 21.2. The first-order valence-corrected chi connectivity index (χ1v) is 31.3. The number of rotatable bonds is 57. The fourth-order valence-electron chi connectivity index (χ4n) is 8.96. The Morgan fingerprint density at radius 3 is 0.861 bits per heavy atom. The molecule has 0 amide bonds. The molecule has 0 spiro atoms. The Balaban J connectivity index is 4.09. The van der Waals surface area contributed by atoms with E-state index in [4.69, 9.17) is 14.2 Å².